The molecule has 0 atom stereocenters. The average molecular weight is 484 g/mol. The highest BCUT2D eigenvalue weighted by atomic mass is 32.2. The van der Waals surface area contributed by atoms with E-state index >= 15 is 0 Å². The van der Waals surface area contributed by atoms with Crippen molar-refractivity contribution in [3.8, 4) is 0 Å². The SMILES string of the molecule is Cc1ccc(NC(=O)CCCc2nc3ccccc3s2)cc1S(=O)(=O)Nc1ccccc1F. The summed E-state index contributed by atoms with van der Waals surface area (Å²) < 4.78 is 42.9. The molecule has 4 aromatic rings. The topological polar surface area (TPSA) is 88.2 Å². The van der Waals surface area contributed by atoms with Crippen LogP contribution in [0.4, 0.5) is 15.8 Å². The van der Waals surface area contributed by atoms with Crippen LogP contribution in [0.5, 0.6) is 0 Å². The summed E-state index contributed by atoms with van der Waals surface area (Å²) in [5.41, 5.74) is 1.66. The summed E-state index contributed by atoms with van der Waals surface area (Å²) in [5, 5.41) is 3.73. The molecule has 9 heteroatoms. The van der Waals surface area contributed by atoms with Gasteiger partial charge in [0.2, 0.25) is 5.91 Å². The zero-order valence-corrected chi connectivity index (χ0v) is 19.5. The number of anilines is 2. The molecule has 3 aromatic carbocycles. The molecule has 0 radical (unpaired) electrons. The number of nitrogens with zero attached hydrogens (tertiary/aromatic N) is 1. The summed E-state index contributed by atoms with van der Waals surface area (Å²) in [6.07, 6.45) is 1.59. The minimum absolute atomic E-state index is 0.0296. The van der Waals surface area contributed by atoms with Crippen LogP contribution in [0.15, 0.2) is 71.6 Å². The third-order valence-corrected chi connectivity index (χ3v) is 7.62. The van der Waals surface area contributed by atoms with Crippen LogP contribution < -0.4 is 10.0 Å². The first-order chi connectivity index (χ1) is 15.8. The van der Waals surface area contributed by atoms with Crippen molar-refractivity contribution in [2.45, 2.75) is 31.1 Å². The van der Waals surface area contributed by atoms with Crippen molar-refractivity contribution in [1.29, 1.82) is 0 Å². The Bertz CT molecular complexity index is 1380. The first-order valence-electron chi connectivity index (χ1n) is 10.3. The average Bonchev–Trinajstić information content (AvgIpc) is 3.19. The van der Waals surface area contributed by atoms with Gasteiger partial charge in [0.05, 0.1) is 25.8 Å². The molecule has 0 fully saturated rings. The van der Waals surface area contributed by atoms with Gasteiger partial charge in [-0.25, -0.2) is 17.8 Å². The van der Waals surface area contributed by atoms with Crippen LogP contribution in [0.3, 0.4) is 0 Å². The molecule has 0 saturated carbocycles. The number of amides is 1. The summed E-state index contributed by atoms with van der Waals surface area (Å²) in [4.78, 5) is 17.0. The van der Waals surface area contributed by atoms with Crippen molar-refractivity contribution in [2.75, 3.05) is 10.0 Å². The molecule has 0 bridgehead atoms. The Kier molecular flexibility index (Phi) is 6.71. The highest BCUT2D eigenvalue weighted by molar-refractivity contribution is 7.92. The smallest absolute Gasteiger partial charge is 0.262 e. The van der Waals surface area contributed by atoms with E-state index < -0.39 is 15.8 Å². The van der Waals surface area contributed by atoms with E-state index in [1.54, 1.807) is 36.5 Å². The summed E-state index contributed by atoms with van der Waals surface area (Å²) in [7, 11) is -4.04. The Morgan fingerprint density at radius 3 is 2.61 bits per heavy atom. The Labute approximate surface area is 195 Å². The maximum Gasteiger partial charge on any atom is 0.262 e. The summed E-state index contributed by atoms with van der Waals surface area (Å²) in [5.74, 6) is -0.887. The zero-order chi connectivity index (χ0) is 23.4. The van der Waals surface area contributed by atoms with Crippen molar-refractivity contribution in [3.63, 3.8) is 0 Å². The van der Waals surface area contributed by atoms with E-state index in [9.17, 15) is 17.6 Å². The number of thiazole rings is 1. The van der Waals surface area contributed by atoms with Crippen molar-refractivity contribution >= 4 is 48.9 Å². The van der Waals surface area contributed by atoms with Gasteiger partial charge in [-0.05, 0) is 61.7 Å². The van der Waals surface area contributed by atoms with Gasteiger partial charge < -0.3 is 5.32 Å². The van der Waals surface area contributed by atoms with Gasteiger partial charge in [-0.2, -0.15) is 0 Å². The Balaban J connectivity index is 1.39. The van der Waals surface area contributed by atoms with Crippen LogP contribution >= 0.6 is 11.3 Å². The van der Waals surface area contributed by atoms with E-state index in [1.165, 1.54) is 24.3 Å². The Morgan fingerprint density at radius 1 is 1.06 bits per heavy atom. The Morgan fingerprint density at radius 2 is 1.82 bits per heavy atom. The van der Waals surface area contributed by atoms with Crippen molar-refractivity contribution in [1.82, 2.24) is 4.98 Å². The fourth-order valence-electron chi connectivity index (χ4n) is 3.36. The predicted octanol–water partition coefficient (Wildman–Crippen LogP) is 5.51. The summed E-state index contributed by atoms with van der Waals surface area (Å²) >= 11 is 1.62. The van der Waals surface area contributed by atoms with Gasteiger partial charge in [-0.3, -0.25) is 9.52 Å². The summed E-state index contributed by atoms with van der Waals surface area (Å²) in [6, 6.07) is 18.1. The van der Waals surface area contributed by atoms with Gasteiger partial charge in [0.25, 0.3) is 10.0 Å². The number of nitrogens with one attached hydrogen (secondary N) is 2. The van der Waals surface area contributed by atoms with Gasteiger partial charge in [0, 0.05) is 12.1 Å². The molecular formula is C24H22FN3O3S2. The normalized spacial score (nSPS) is 11.5. The Hall–Kier alpha value is -3.30. The maximum atomic E-state index is 13.9. The highest BCUT2D eigenvalue weighted by Crippen LogP contribution is 2.25. The van der Waals surface area contributed by atoms with Crippen LogP contribution in [0.1, 0.15) is 23.4 Å². The second kappa shape index (κ2) is 9.68. The number of benzene rings is 3. The van der Waals surface area contributed by atoms with E-state index in [-0.39, 0.29) is 22.9 Å². The largest absolute Gasteiger partial charge is 0.326 e. The van der Waals surface area contributed by atoms with E-state index in [1.807, 2.05) is 24.3 Å². The molecule has 0 saturated heterocycles. The number of rotatable bonds is 8. The number of halogens is 1. The standard InChI is InChI=1S/C24H22FN3O3S2/c1-16-13-14-17(15-22(16)33(30,31)28-19-8-3-2-7-18(19)25)26-23(29)11-6-12-24-27-20-9-4-5-10-21(20)32-24/h2-5,7-10,13-15,28H,6,11-12H2,1H3,(H,26,29). The first-order valence-corrected chi connectivity index (χ1v) is 12.6. The lowest BCUT2D eigenvalue weighted by atomic mass is 10.2. The summed E-state index contributed by atoms with van der Waals surface area (Å²) in [6.45, 7) is 1.64. The fraction of sp³-hybridized carbons (Fsp3) is 0.167. The zero-order valence-electron chi connectivity index (χ0n) is 17.8. The maximum absolute atomic E-state index is 13.9. The second-order valence-corrected chi connectivity index (χ2v) is 10.3. The van der Waals surface area contributed by atoms with Gasteiger partial charge in [-0.15, -0.1) is 11.3 Å². The third-order valence-electron chi connectivity index (χ3n) is 5.01. The lowest BCUT2D eigenvalue weighted by Crippen LogP contribution is -2.16. The first kappa shape index (κ1) is 22.9. The minimum atomic E-state index is -4.04. The van der Waals surface area contributed by atoms with E-state index in [0.29, 0.717) is 24.1 Å². The van der Waals surface area contributed by atoms with Gasteiger partial charge in [0.15, 0.2) is 0 Å². The lowest BCUT2D eigenvalue weighted by Gasteiger charge is -2.13. The number of fused-ring (bicyclic) bond motifs is 1. The molecule has 0 aliphatic rings. The molecule has 1 aromatic heterocycles. The van der Waals surface area contributed by atoms with Crippen LogP contribution in [0, 0.1) is 12.7 Å². The molecule has 6 nitrogen and oxygen atoms in total. The molecule has 33 heavy (non-hydrogen) atoms. The number of para-hydroxylation sites is 2. The van der Waals surface area contributed by atoms with Crippen LogP contribution in [-0.2, 0) is 21.2 Å². The number of carbonyl (C=O) groups excluding carboxylic acids is 1. The van der Waals surface area contributed by atoms with E-state index in [4.69, 9.17) is 0 Å². The number of carbonyl (C=O) groups is 1. The van der Waals surface area contributed by atoms with Crippen molar-refractivity contribution in [3.05, 3.63) is 83.1 Å². The monoisotopic (exact) mass is 483 g/mol. The molecule has 1 heterocycles. The van der Waals surface area contributed by atoms with Crippen molar-refractivity contribution < 1.29 is 17.6 Å². The molecule has 2 N–H and O–H groups in total. The molecule has 0 unspecified atom stereocenters. The van der Waals surface area contributed by atoms with E-state index in [2.05, 4.69) is 15.0 Å². The van der Waals surface area contributed by atoms with Gasteiger partial charge in [0.1, 0.15) is 5.82 Å². The quantitative estimate of drug-likeness (QED) is 0.346. The van der Waals surface area contributed by atoms with Gasteiger partial charge >= 0.3 is 0 Å². The van der Waals surface area contributed by atoms with Crippen LogP contribution in [-0.4, -0.2) is 19.3 Å². The lowest BCUT2D eigenvalue weighted by molar-refractivity contribution is -0.116. The van der Waals surface area contributed by atoms with Gasteiger partial charge in [-0.1, -0.05) is 30.3 Å². The number of hydrogen-bond acceptors (Lipinski definition) is 5. The molecule has 4 rings (SSSR count). The highest BCUT2D eigenvalue weighted by Gasteiger charge is 2.19. The van der Waals surface area contributed by atoms with Crippen LogP contribution in [0.2, 0.25) is 0 Å². The number of sulfonamides is 1. The molecular weight excluding hydrogens is 461 g/mol. The number of aromatic nitrogens is 1. The predicted molar refractivity (Wildman–Crippen MR) is 130 cm³/mol. The van der Waals surface area contributed by atoms with Crippen LogP contribution in [0.25, 0.3) is 10.2 Å². The second-order valence-electron chi connectivity index (χ2n) is 7.54. The number of hydrogen-bond donors (Lipinski definition) is 2. The van der Waals surface area contributed by atoms with E-state index in [0.717, 1.165) is 15.2 Å². The molecule has 0 aliphatic heterocycles. The van der Waals surface area contributed by atoms with Crippen molar-refractivity contribution in [2.24, 2.45) is 0 Å². The third kappa shape index (κ3) is 5.55. The molecule has 1 amide bonds. The minimum Gasteiger partial charge on any atom is -0.326 e. The molecule has 0 spiro atoms. The fourth-order valence-corrected chi connectivity index (χ4v) is 5.71. The molecule has 170 valence electrons. The molecule has 0 aliphatic carbocycles. The number of aryl methyl sites for hydroxylation is 2.